The molecule has 0 aromatic heterocycles. The van der Waals surface area contributed by atoms with Gasteiger partial charge in [-0.25, -0.2) is 0 Å². The number of hydrogen-bond donors (Lipinski definition) is 0. The van der Waals surface area contributed by atoms with Gasteiger partial charge in [-0.3, -0.25) is 9.59 Å². The molecule has 0 saturated heterocycles. The largest absolute Gasteiger partial charge is 0.300 e. The summed E-state index contributed by atoms with van der Waals surface area (Å²) >= 11 is 0. The van der Waals surface area contributed by atoms with Crippen molar-refractivity contribution in [2.45, 2.75) is 27.3 Å². The van der Waals surface area contributed by atoms with Crippen molar-refractivity contribution in [3.63, 3.8) is 0 Å². The van der Waals surface area contributed by atoms with E-state index in [0.29, 0.717) is 12.1 Å². The Balaban J connectivity index is 2.03. The molecule has 0 radical (unpaired) electrons. The maximum atomic E-state index is 12.3. The average molecular weight is 279 g/mol. The van der Waals surface area contributed by atoms with Crippen molar-refractivity contribution in [1.82, 2.24) is 0 Å². The molecule has 0 unspecified atom stereocenters. The highest BCUT2D eigenvalue weighted by Gasteiger charge is 2.37. The van der Waals surface area contributed by atoms with Crippen LogP contribution in [0.2, 0.25) is 0 Å². The van der Waals surface area contributed by atoms with Gasteiger partial charge in [0.15, 0.2) is 0 Å². The van der Waals surface area contributed by atoms with Crippen molar-refractivity contribution < 1.29 is 9.59 Å². The van der Waals surface area contributed by atoms with E-state index in [0.717, 1.165) is 22.4 Å². The summed E-state index contributed by atoms with van der Waals surface area (Å²) in [6.45, 7) is 6.31. The summed E-state index contributed by atoms with van der Waals surface area (Å²) in [5.41, 5.74) is 5.42. The standard InChI is InChI=1S/C18H17NO2/c1-11-4-6-14(7-5-11)10-19-15-9-12(2)8-13(3)16(15)17(20)18(19)21/h4-9H,10H2,1-3H3. The predicted octanol–water partition coefficient (Wildman–Crippen LogP) is 3.34. The summed E-state index contributed by atoms with van der Waals surface area (Å²) in [4.78, 5) is 26.1. The van der Waals surface area contributed by atoms with Crippen LogP contribution in [0, 0.1) is 20.8 Å². The van der Waals surface area contributed by atoms with Crippen LogP contribution >= 0.6 is 0 Å². The first-order chi connectivity index (χ1) is 9.97. The Kier molecular flexibility index (Phi) is 3.13. The van der Waals surface area contributed by atoms with Crippen LogP contribution in [0.4, 0.5) is 5.69 Å². The number of nitrogens with zero attached hydrogens (tertiary/aromatic N) is 1. The Labute approximate surface area is 124 Å². The molecule has 1 amide bonds. The second kappa shape index (κ2) is 4.85. The SMILES string of the molecule is Cc1ccc(CN2C(=O)C(=O)c3c(C)cc(C)cc32)cc1. The molecule has 106 valence electrons. The van der Waals surface area contributed by atoms with E-state index < -0.39 is 11.7 Å². The molecule has 2 aromatic rings. The molecule has 2 aromatic carbocycles. The van der Waals surface area contributed by atoms with Gasteiger partial charge in [0, 0.05) is 0 Å². The molecular weight excluding hydrogens is 262 g/mol. The van der Waals surface area contributed by atoms with Crippen molar-refractivity contribution in [1.29, 1.82) is 0 Å². The fourth-order valence-electron chi connectivity index (χ4n) is 2.83. The van der Waals surface area contributed by atoms with Crippen LogP contribution in [-0.4, -0.2) is 11.7 Å². The van der Waals surface area contributed by atoms with Gasteiger partial charge in [-0.15, -0.1) is 0 Å². The van der Waals surface area contributed by atoms with Crippen LogP contribution < -0.4 is 4.90 Å². The molecular formula is C18H17NO2. The smallest absolute Gasteiger partial charge is 0.299 e. The lowest BCUT2D eigenvalue weighted by molar-refractivity contribution is -0.114. The molecule has 21 heavy (non-hydrogen) atoms. The highest BCUT2D eigenvalue weighted by Crippen LogP contribution is 2.33. The lowest BCUT2D eigenvalue weighted by Gasteiger charge is -2.17. The summed E-state index contributed by atoms with van der Waals surface area (Å²) in [6.07, 6.45) is 0. The Morgan fingerprint density at radius 3 is 2.24 bits per heavy atom. The van der Waals surface area contributed by atoms with Gasteiger partial charge in [0.05, 0.1) is 17.8 Å². The molecule has 1 heterocycles. The Morgan fingerprint density at radius 2 is 1.57 bits per heavy atom. The first kappa shape index (κ1) is 13.6. The number of aryl methyl sites for hydroxylation is 3. The third kappa shape index (κ3) is 2.25. The van der Waals surface area contributed by atoms with Crippen LogP contribution in [0.3, 0.4) is 0 Å². The van der Waals surface area contributed by atoms with E-state index in [-0.39, 0.29) is 0 Å². The van der Waals surface area contributed by atoms with Crippen molar-refractivity contribution >= 4 is 17.4 Å². The van der Waals surface area contributed by atoms with E-state index in [1.54, 1.807) is 4.90 Å². The van der Waals surface area contributed by atoms with Gasteiger partial charge in [0.25, 0.3) is 11.7 Å². The highest BCUT2D eigenvalue weighted by atomic mass is 16.2. The number of amides is 1. The number of rotatable bonds is 2. The van der Waals surface area contributed by atoms with Crippen LogP contribution in [0.5, 0.6) is 0 Å². The molecule has 3 rings (SSSR count). The minimum absolute atomic E-state index is 0.394. The van der Waals surface area contributed by atoms with E-state index in [9.17, 15) is 9.59 Å². The summed E-state index contributed by atoms with van der Waals surface area (Å²) in [5, 5.41) is 0. The number of ketones is 1. The number of benzene rings is 2. The molecule has 0 fully saturated rings. The number of Topliss-reactive ketones (excluding diaryl/α,β-unsaturated/α-hetero) is 1. The van der Waals surface area contributed by atoms with Gasteiger partial charge in [0.2, 0.25) is 0 Å². The predicted molar refractivity (Wildman–Crippen MR) is 82.6 cm³/mol. The first-order valence-corrected chi connectivity index (χ1v) is 7.00. The van der Waals surface area contributed by atoms with Gasteiger partial charge < -0.3 is 4.90 Å². The molecule has 0 bridgehead atoms. The van der Waals surface area contributed by atoms with Gasteiger partial charge in [-0.1, -0.05) is 35.9 Å². The minimum atomic E-state index is -0.431. The van der Waals surface area contributed by atoms with E-state index in [4.69, 9.17) is 0 Å². The monoisotopic (exact) mass is 279 g/mol. The molecule has 0 spiro atoms. The molecule has 0 saturated carbocycles. The second-order valence-electron chi connectivity index (χ2n) is 5.68. The number of fused-ring (bicyclic) bond motifs is 1. The van der Waals surface area contributed by atoms with Crippen molar-refractivity contribution in [2.75, 3.05) is 4.90 Å². The normalized spacial score (nSPS) is 13.8. The van der Waals surface area contributed by atoms with Gasteiger partial charge in [0.1, 0.15) is 0 Å². The highest BCUT2D eigenvalue weighted by molar-refractivity contribution is 6.52. The van der Waals surface area contributed by atoms with Crippen molar-refractivity contribution in [2.24, 2.45) is 0 Å². The lowest BCUT2D eigenvalue weighted by Crippen LogP contribution is -2.29. The topological polar surface area (TPSA) is 37.4 Å². The fourth-order valence-corrected chi connectivity index (χ4v) is 2.83. The number of hydrogen-bond acceptors (Lipinski definition) is 2. The van der Waals surface area contributed by atoms with Crippen LogP contribution in [-0.2, 0) is 11.3 Å². The van der Waals surface area contributed by atoms with Gasteiger partial charge in [-0.05, 0) is 43.5 Å². The summed E-state index contributed by atoms with van der Waals surface area (Å²) in [7, 11) is 0. The zero-order chi connectivity index (χ0) is 15.1. The Hall–Kier alpha value is -2.42. The van der Waals surface area contributed by atoms with Crippen LogP contribution in [0.1, 0.15) is 32.6 Å². The van der Waals surface area contributed by atoms with Crippen LogP contribution in [0.25, 0.3) is 0 Å². The summed E-state index contributed by atoms with van der Waals surface area (Å²) in [6, 6.07) is 11.9. The molecule has 0 aliphatic carbocycles. The van der Waals surface area contributed by atoms with E-state index in [1.165, 1.54) is 5.56 Å². The first-order valence-electron chi connectivity index (χ1n) is 7.00. The van der Waals surface area contributed by atoms with E-state index >= 15 is 0 Å². The molecule has 3 nitrogen and oxygen atoms in total. The zero-order valence-corrected chi connectivity index (χ0v) is 12.4. The van der Waals surface area contributed by atoms with Crippen molar-refractivity contribution in [3.05, 3.63) is 64.2 Å². The zero-order valence-electron chi connectivity index (χ0n) is 12.4. The molecule has 1 aliphatic heterocycles. The van der Waals surface area contributed by atoms with E-state index in [1.807, 2.05) is 57.2 Å². The molecule has 3 heteroatoms. The lowest BCUT2D eigenvalue weighted by atomic mass is 10.0. The quantitative estimate of drug-likeness (QED) is 0.791. The molecule has 0 N–H and O–H groups in total. The summed E-state index contributed by atoms with van der Waals surface area (Å²) < 4.78 is 0. The number of carbonyl (C=O) groups is 2. The number of anilines is 1. The fraction of sp³-hybridized carbons (Fsp3) is 0.222. The average Bonchev–Trinajstić information content (AvgIpc) is 2.66. The van der Waals surface area contributed by atoms with Gasteiger partial charge in [-0.2, -0.15) is 0 Å². The third-order valence-corrected chi connectivity index (χ3v) is 3.88. The molecule has 1 aliphatic rings. The Morgan fingerprint density at radius 1 is 0.905 bits per heavy atom. The number of carbonyl (C=O) groups excluding carboxylic acids is 2. The Bertz CT molecular complexity index is 745. The maximum Gasteiger partial charge on any atom is 0.299 e. The molecule has 0 atom stereocenters. The van der Waals surface area contributed by atoms with E-state index in [2.05, 4.69) is 0 Å². The van der Waals surface area contributed by atoms with Gasteiger partial charge >= 0.3 is 0 Å². The van der Waals surface area contributed by atoms with Crippen molar-refractivity contribution in [3.8, 4) is 0 Å². The minimum Gasteiger partial charge on any atom is -0.300 e. The van der Waals surface area contributed by atoms with Crippen LogP contribution in [0.15, 0.2) is 36.4 Å². The maximum absolute atomic E-state index is 12.3. The summed E-state index contributed by atoms with van der Waals surface area (Å²) in [5.74, 6) is -0.825. The third-order valence-electron chi connectivity index (χ3n) is 3.88. The second-order valence-corrected chi connectivity index (χ2v) is 5.68.